The molecule has 37 heavy (non-hydrogen) atoms. The van der Waals surface area contributed by atoms with Crippen molar-refractivity contribution < 1.29 is 9.59 Å². The number of thiocarbonyl (C=S) groups is 1. The number of rotatable bonds is 8. The maximum absolute atomic E-state index is 13.2. The molecule has 2 aliphatic rings. The Bertz CT molecular complexity index is 1430. The molecule has 5 rings (SSSR count). The number of carbonyl (C=O) groups is 2. The fourth-order valence-electron chi connectivity index (χ4n) is 4.50. The number of nitrogens with one attached hydrogen (secondary N) is 2. The van der Waals surface area contributed by atoms with Gasteiger partial charge in [-0.2, -0.15) is 0 Å². The molecule has 1 aliphatic carbocycles. The van der Waals surface area contributed by atoms with Crippen molar-refractivity contribution in [2.24, 2.45) is 0 Å². The van der Waals surface area contributed by atoms with Crippen LogP contribution in [0.1, 0.15) is 39.0 Å². The number of pyridine rings is 1. The molecule has 0 atom stereocenters. The largest absolute Gasteiger partial charge is 0.330 e. The molecular weight excluding hydrogens is 504 g/mol. The minimum atomic E-state index is -0.317. The molecule has 3 aromatic rings. The summed E-state index contributed by atoms with van der Waals surface area (Å²) in [6, 6.07) is 17.6. The summed E-state index contributed by atoms with van der Waals surface area (Å²) in [6.07, 6.45) is 7.40. The average molecular weight is 529 g/mol. The Balaban J connectivity index is 1.25. The van der Waals surface area contributed by atoms with Crippen LogP contribution in [-0.2, 0) is 31.0 Å². The average Bonchev–Trinajstić information content (AvgIpc) is 3.22. The highest BCUT2D eigenvalue weighted by Crippen LogP contribution is 2.31. The van der Waals surface area contributed by atoms with Crippen molar-refractivity contribution in [3.05, 3.63) is 118 Å². The number of allylic oxidation sites excluding steroid dienone is 3. The van der Waals surface area contributed by atoms with Crippen LogP contribution < -0.4 is 10.6 Å². The van der Waals surface area contributed by atoms with Gasteiger partial charge in [-0.05, 0) is 47.0 Å². The number of fused-ring (bicyclic) bond motifs is 1. The van der Waals surface area contributed by atoms with Gasteiger partial charge in [-0.1, -0.05) is 60.2 Å². The summed E-state index contributed by atoms with van der Waals surface area (Å²) in [7, 11) is 0. The summed E-state index contributed by atoms with van der Waals surface area (Å²) < 4.78 is 0. The van der Waals surface area contributed by atoms with Crippen molar-refractivity contribution in [3.8, 4) is 0 Å². The number of nitrogens with zero attached hydrogens (tertiary/aromatic N) is 2. The van der Waals surface area contributed by atoms with Gasteiger partial charge in [0.25, 0.3) is 11.8 Å². The lowest BCUT2D eigenvalue weighted by Gasteiger charge is -2.17. The lowest BCUT2D eigenvalue weighted by Crippen LogP contribution is -2.23. The molecule has 0 radical (unpaired) electrons. The molecule has 2 heterocycles. The molecule has 8 heteroatoms. The zero-order valence-electron chi connectivity index (χ0n) is 20.0. The van der Waals surface area contributed by atoms with E-state index in [0.717, 1.165) is 29.8 Å². The Morgan fingerprint density at radius 1 is 1.03 bits per heavy atom. The molecule has 6 nitrogen and oxygen atoms in total. The number of aromatic nitrogens is 1. The smallest absolute Gasteiger partial charge is 0.256 e. The third-order valence-electron chi connectivity index (χ3n) is 6.37. The van der Waals surface area contributed by atoms with Gasteiger partial charge in [-0.25, -0.2) is 0 Å². The lowest BCUT2D eigenvalue weighted by molar-refractivity contribution is -0.112. The highest BCUT2D eigenvalue weighted by atomic mass is 35.5. The molecule has 0 saturated carbocycles. The number of anilines is 1. The Morgan fingerprint density at radius 3 is 2.62 bits per heavy atom. The van der Waals surface area contributed by atoms with Gasteiger partial charge in [0.05, 0.1) is 5.57 Å². The van der Waals surface area contributed by atoms with E-state index < -0.39 is 0 Å². The first-order valence-electron chi connectivity index (χ1n) is 12.0. The highest BCUT2D eigenvalue weighted by molar-refractivity contribution is 7.81. The summed E-state index contributed by atoms with van der Waals surface area (Å²) in [6.45, 7) is 2.37. The molecule has 0 unspecified atom stereocenters. The summed E-state index contributed by atoms with van der Waals surface area (Å²) in [5.41, 5.74) is 5.78. The highest BCUT2D eigenvalue weighted by Gasteiger charge is 2.30. The predicted octanol–water partition coefficient (Wildman–Crippen LogP) is 5.29. The van der Waals surface area contributed by atoms with Crippen molar-refractivity contribution in [3.63, 3.8) is 0 Å². The van der Waals surface area contributed by atoms with Crippen LogP contribution in [0, 0.1) is 0 Å². The van der Waals surface area contributed by atoms with Gasteiger partial charge in [0.1, 0.15) is 0 Å². The second kappa shape index (κ2) is 11.2. The SMILES string of the molecule is O=C(Nc1cccc2c1CN(Cc1cccc(CNCc3ccncc3)c1)C2=O)C1=CC(Cl)=CCC1=S. The van der Waals surface area contributed by atoms with Crippen molar-refractivity contribution >= 4 is 46.2 Å². The summed E-state index contributed by atoms with van der Waals surface area (Å²) in [5, 5.41) is 6.88. The normalized spacial score (nSPS) is 14.8. The zero-order valence-corrected chi connectivity index (χ0v) is 21.6. The van der Waals surface area contributed by atoms with Crippen LogP contribution in [0.2, 0.25) is 0 Å². The standard InChI is InChI=1S/C29H25ClN4O2S/c30-22-7-8-27(37)24(14-22)28(35)33-26-6-2-5-23-25(26)18-34(29(23)36)17-21-4-1-3-20(13-21)16-32-15-19-9-11-31-12-10-19/h1-7,9-14,32H,8,15-18H2,(H,33,35). The van der Waals surface area contributed by atoms with Crippen LogP contribution >= 0.6 is 23.8 Å². The van der Waals surface area contributed by atoms with Gasteiger partial charge in [-0.15, -0.1) is 0 Å². The summed E-state index contributed by atoms with van der Waals surface area (Å²) in [4.78, 5) is 32.5. The molecule has 186 valence electrons. The maximum Gasteiger partial charge on any atom is 0.256 e. The molecular formula is C29H25ClN4O2S. The molecule has 1 aromatic heterocycles. The Kier molecular flexibility index (Phi) is 7.55. The minimum absolute atomic E-state index is 0.0503. The molecule has 2 amide bonds. The number of benzene rings is 2. The topological polar surface area (TPSA) is 74.3 Å². The van der Waals surface area contributed by atoms with Crippen molar-refractivity contribution in [2.75, 3.05) is 5.32 Å². The van der Waals surface area contributed by atoms with E-state index in [1.807, 2.05) is 30.3 Å². The van der Waals surface area contributed by atoms with Gasteiger partial charge in [0.15, 0.2) is 0 Å². The third kappa shape index (κ3) is 5.85. The number of halogens is 1. The second-order valence-electron chi connectivity index (χ2n) is 9.00. The molecule has 1 aliphatic heterocycles. The van der Waals surface area contributed by atoms with Gasteiger partial charge in [-0.3, -0.25) is 14.6 Å². The van der Waals surface area contributed by atoms with E-state index in [9.17, 15) is 9.59 Å². The number of hydrogen-bond acceptors (Lipinski definition) is 5. The third-order valence-corrected chi connectivity index (χ3v) is 7.02. The summed E-state index contributed by atoms with van der Waals surface area (Å²) >= 11 is 11.4. The molecule has 0 spiro atoms. The quantitative estimate of drug-likeness (QED) is 0.389. The van der Waals surface area contributed by atoms with Gasteiger partial charge >= 0.3 is 0 Å². The molecule has 2 aromatic carbocycles. The van der Waals surface area contributed by atoms with Gasteiger partial charge < -0.3 is 15.5 Å². The van der Waals surface area contributed by atoms with E-state index in [4.69, 9.17) is 23.8 Å². The Labute approximate surface area is 226 Å². The van der Waals surface area contributed by atoms with E-state index in [0.29, 0.717) is 46.2 Å². The first-order valence-corrected chi connectivity index (χ1v) is 12.8. The molecule has 0 bridgehead atoms. The maximum atomic E-state index is 13.2. The number of hydrogen-bond donors (Lipinski definition) is 2. The minimum Gasteiger partial charge on any atom is -0.330 e. The van der Waals surface area contributed by atoms with Crippen molar-refractivity contribution in [2.45, 2.75) is 32.6 Å². The molecule has 0 saturated heterocycles. The van der Waals surface area contributed by atoms with Crippen LogP contribution in [0.25, 0.3) is 0 Å². The first kappa shape index (κ1) is 25.0. The zero-order chi connectivity index (χ0) is 25.8. The molecule has 2 N–H and O–H groups in total. The van der Waals surface area contributed by atoms with Gasteiger partial charge in [0.2, 0.25) is 0 Å². The number of amides is 2. The van der Waals surface area contributed by atoms with E-state index in [1.54, 1.807) is 41.6 Å². The lowest BCUT2D eigenvalue weighted by atomic mass is 10.0. The second-order valence-corrected chi connectivity index (χ2v) is 9.93. The fourth-order valence-corrected chi connectivity index (χ4v) is 4.93. The predicted molar refractivity (Wildman–Crippen MR) is 149 cm³/mol. The van der Waals surface area contributed by atoms with Crippen LogP contribution in [0.3, 0.4) is 0 Å². The monoisotopic (exact) mass is 528 g/mol. The van der Waals surface area contributed by atoms with E-state index in [1.165, 1.54) is 5.56 Å². The van der Waals surface area contributed by atoms with Gasteiger partial charge in [0, 0.05) is 71.7 Å². The van der Waals surface area contributed by atoms with E-state index in [2.05, 4.69) is 27.8 Å². The first-order chi connectivity index (χ1) is 18.0. The van der Waals surface area contributed by atoms with E-state index in [-0.39, 0.29) is 11.8 Å². The van der Waals surface area contributed by atoms with E-state index >= 15 is 0 Å². The Hall–Kier alpha value is -3.65. The van der Waals surface area contributed by atoms with Crippen LogP contribution in [0.15, 0.2) is 89.7 Å². The number of carbonyl (C=O) groups excluding carboxylic acids is 2. The van der Waals surface area contributed by atoms with Crippen molar-refractivity contribution in [1.82, 2.24) is 15.2 Å². The molecule has 0 fully saturated rings. The van der Waals surface area contributed by atoms with Crippen LogP contribution in [0.5, 0.6) is 0 Å². The van der Waals surface area contributed by atoms with Crippen LogP contribution in [0.4, 0.5) is 5.69 Å². The fraction of sp³-hybridized carbons (Fsp3) is 0.172. The van der Waals surface area contributed by atoms with Crippen molar-refractivity contribution in [1.29, 1.82) is 0 Å². The Morgan fingerprint density at radius 2 is 1.78 bits per heavy atom. The van der Waals surface area contributed by atoms with Crippen LogP contribution in [-0.4, -0.2) is 26.6 Å². The summed E-state index contributed by atoms with van der Waals surface area (Å²) in [5.74, 6) is -0.367.